The van der Waals surface area contributed by atoms with E-state index in [0.29, 0.717) is 6.54 Å². The summed E-state index contributed by atoms with van der Waals surface area (Å²) in [5.41, 5.74) is 5.51. The first-order valence-corrected chi connectivity index (χ1v) is 3.90. The average Bonchev–Trinajstić information content (AvgIpc) is 2.67. The fraction of sp³-hybridized carbons (Fsp3) is 0.125. The van der Waals surface area contributed by atoms with E-state index in [4.69, 9.17) is 5.73 Å². The van der Waals surface area contributed by atoms with Gasteiger partial charge in [0.1, 0.15) is 18.0 Å². The van der Waals surface area contributed by atoms with E-state index >= 15 is 0 Å². The van der Waals surface area contributed by atoms with Crippen molar-refractivity contribution in [3.8, 4) is 5.82 Å². The second-order valence-corrected chi connectivity index (χ2v) is 2.49. The molecule has 66 valence electrons. The van der Waals surface area contributed by atoms with Gasteiger partial charge >= 0.3 is 0 Å². The summed E-state index contributed by atoms with van der Waals surface area (Å²) in [7, 11) is 0. The number of aromatic nitrogens is 4. The van der Waals surface area contributed by atoms with E-state index in [1.165, 1.54) is 6.33 Å². The first-order valence-electron chi connectivity index (χ1n) is 3.90. The Labute approximate surface area is 75.3 Å². The molecule has 2 rings (SSSR count). The van der Waals surface area contributed by atoms with Gasteiger partial charge in [0.25, 0.3) is 0 Å². The van der Waals surface area contributed by atoms with Crippen LogP contribution in [0, 0.1) is 0 Å². The quantitative estimate of drug-likeness (QED) is 0.703. The predicted molar refractivity (Wildman–Crippen MR) is 47.0 cm³/mol. The number of imidazole rings is 1. The molecule has 0 saturated carbocycles. The number of nitrogens with zero attached hydrogens (tertiary/aromatic N) is 4. The van der Waals surface area contributed by atoms with Gasteiger partial charge in [0.05, 0.1) is 6.54 Å². The van der Waals surface area contributed by atoms with Gasteiger partial charge in [-0.15, -0.1) is 0 Å². The first-order chi connectivity index (χ1) is 6.42. The smallest absolute Gasteiger partial charge is 0.141 e. The highest BCUT2D eigenvalue weighted by Gasteiger charge is 2.02. The van der Waals surface area contributed by atoms with Gasteiger partial charge in [-0.1, -0.05) is 0 Å². The van der Waals surface area contributed by atoms with Gasteiger partial charge in [-0.25, -0.2) is 15.0 Å². The molecule has 13 heavy (non-hydrogen) atoms. The molecular formula is C8H9N5. The van der Waals surface area contributed by atoms with Crippen molar-refractivity contribution in [3.63, 3.8) is 0 Å². The van der Waals surface area contributed by atoms with Crippen molar-refractivity contribution in [2.75, 3.05) is 0 Å². The fourth-order valence-corrected chi connectivity index (χ4v) is 1.12. The summed E-state index contributed by atoms with van der Waals surface area (Å²) in [6.07, 6.45) is 6.70. The normalized spacial score (nSPS) is 10.2. The van der Waals surface area contributed by atoms with Crippen LogP contribution >= 0.6 is 0 Å². The Kier molecular flexibility index (Phi) is 2.01. The highest BCUT2D eigenvalue weighted by molar-refractivity contribution is 5.21. The third kappa shape index (κ3) is 1.41. The van der Waals surface area contributed by atoms with Gasteiger partial charge in [-0.3, -0.25) is 4.57 Å². The molecular weight excluding hydrogens is 166 g/mol. The Bertz CT molecular complexity index is 380. The minimum atomic E-state index is 0.400. The molecule has 0 fully saturated rings. The lowest BCUT2D eigenvalue weighted by Crippen LogP contribution is -2.07. The molecule has 2 heterocycles. The van der Waals surface area contributed by atoms with Gasteiger partial charge in [0, 0.05) is 18.6 Å². The molecule has 2 aromatic heterocycles. The number of rotatable bonds is 2. The third-order valence-corrected chi connectivity index (χ3v) is 1.71. The Morgan fingerprint density at radius 3 is 2.92 bits per heavy atom. The lowest BCUT2D eigenvalue weighted by Gasteiger charge is -2.03. The van der Waals surface area contributed by atoms with E-state index in [0.717, 1.165) is 11.6 Å². The molecule has 0 radical (unpaired) electrons. The zero-order chi connectivity index (χ0) is 9.10. The van der Waals surface area contributed by atoms with Gasteiger partial charge in [-0.05, 0) is 6.07 Å². The van der Waals surface area contributed by atoms with Crippen LogP contribution in [0.3, 0.4) is 0 Å². The van der Waals surface area contributed by atoms with Crippen molar-refractivity contribution in [1.82, 2.24) is 19.5 Å². The molecule has 2 aromatic rings. The van der Waals surface area contributed by atoms with E-state index in [9.17, 15) is 0 Å². The summed E-state index contributed by atoms with van der Waals surface area (Å²) in [5.74, 6) is 1.58. The topological polar surface area (TPSA) is 69.6 Å². The van der Waals surface area contributed by atoms with Crippen LogP contribution in [0.2, 0.25) is 0 Å². The monoisotopic (exact) mass is 175 g/mol. The molecule has 0 aliphatic rings. The molecule has 0 bridgehead atoms. The maximum absolute atomic E-state index is 5.51. The SMILES string of the molecule is NCc1nccn1-c1ccncn1. The standard InChI is InChI=1S/C8H9N5/c9-5-8-11-3-4-13(8)7-1-2-10-6-12-7/h1-4,6H,5,9H2. The summed E-state index contributed by atoms with van der Waals surface area (Å²) in [5, 5.41) is 0. The predicted octanol–water partition coefficient (Wildman–Crippen LogP) is 0.121. The number of nitrogens with two attached hydrogens (primary N) is 1. The van der Waals surface area contributed by atoms with Crippen molar-refractivity contribution in [2.24, 2.45) is 5.73 Å². The van der Waals surface area contributed by atoms with Gasteiger partial charge in [0.15, 0.2) is 0 Å². The van der Waals surface area contributed by atoms with E-state index in [2.05, 4.69) is 15.0 Å². The van der Waals surface area contributed by atoms with Crippen LogP contribution in [0.1, 0.15) is 5.82 Å². The van der Waals surface area contributed by atoms with Gasteiger partial charge in [-0.2, -0.15) is 0 Å². The van der Waals surface area contributed by atoms with Crippen LogP contribution < -0.4 is 5.73 Å². The third-order valence-electron chi connectivity index (χ3n) is 1.71. The lowest BCUT2D eigenvalue weighted by molar-refractivity contribution is 0.843. The molecule has 2 N–H and O–H groups in total. The molecule has 5 heteroatoms. The van der Waals surface area contributed by atoms with E-state index in [1.807, 2.05) is 10.8 Å². The second kappa shape index (κ2) is 3.32. The van der Waals surface area contributed by atoms with Crippen molar-refractivity contribution < 1.29 is 0 Å². The Hall–Kier alpha value is -1.75. The van der Waals surface area contributed by atoms with Crippen LogP contribution in [0.5, 0.6) is 0 Å². The van der Waals surface area contributed by atoms with Crippen LogP contribution in [0.25, 0.3) is 5.82 Å². The van der Waals surface area contributed by atoms with Crippen molar-refractivity contribution >= 4 is 0 Å². The Balaban J connectivity index is 2.47. The number of hydrogen-bond donors (Lipinski definition) is 1. The van der Waals surface area contributed by atoms with Crippen LogP contribution in [-0.2, 0) is 6.54 Å². The number of hydrogen-bond acceptors (Lipinski definition) is 4. The largest absolute Gasteiger partial charge is 0.324 e. The van der Waals surface area contributed by atoms with Crippen LogP contribution in [-0.4, -0.2) is 19.5 Å². The van der Waals surface area contributed by atoms with Crippen LogP contribution in [0.15, 0.2) is 31.0 Å². The summed E-state index contributed by atoms with van der Waals surface area (Å²) >= 11 is 0. The minimum absolute atomic E-state index is 0.400. The maximum atomic E-state index is 5.51. The average molecular weight is 175 g/mol. The molecule has 5 nitrogen and oxygen atoms in total. The van der Waals surface area contributed by atoms with E-state index in [-0.39, 0.29) is 0 Å². The second-order valence-electron chi connectivity index (χ2n) is 2.49. The highest BCUT2D eigenvalue weighted by atomic mass is 15.1. The lowest BCUT2D eigenvalue weighted by atomic mass is 10.5. The summed E-state index contributed by atoms with van der Waals surface area (Å²) in [6, 6.07) is 1.81. The molecule has 0 aliphatic carbocycles. The molecule has 0 aromatic carbocycles. The molecule has 0 saturated heterocycles. The van der Waals surface area contributed by atoms with Crippen LogP contribution in [0.4, 0.5) is 0 Å². The summed E-state index contributed by atoms with van der Waals surface area (Å²) < 4.78 is 1.84. The van der Waals surface area contributed by atoms with Crippen molar-refractivity contribution in [2.45, 2.75) is 6.54 Å². The summed E-state index contributed by atoms with van der Waals surface area (Å²) in [6.45, 7) is 0.400. The zero-order valence-electron chi connectivity index (χ0n) is 6.96. The molecule has 0 aliphatic heterocycles. The van der Waals surface area contributed by atoms with Gasteiger partial charge in [0.2, 0.25) is 0 Å². The zero-order valence-corrected chi connectivity index (χ0v) is 6.96. The van der Waals surface area contributed by atoms with E-state index < -0.39 is 0 Å². The molecule has 0 spiro atoms. The van der Waals surface area contributed by atoms with Crippen molar-refractivity contribution in [1.29, 1.82) is 0 Å². The van der Waals surface area contributed by atoms with E-state index in [1.54, 1.807) is 18.5 Å². The van der Waals surface area contributed by atoms with Gasteiger partial charge < -0.3 is 5.73 Å². The van der Waals surface area contributed by atoms with Crippen molar-refractivity contribution in [3.05, 3.63) is 36.8 Å². The molecule has 0 atom stereocenters. The first kappa shape index (κ1) is 7.88. The highest BCUT2D eigenvalue weighted by Crippen LogP contribution is 2.04. The summed E-state index contributed by atoms with van der Waals surface area (Å²) in [4.78, 5) is 12.0. The Morgan fingerprint density at radius 1 is 1.31 bits per heavy atom. The Morgan fingerprint density at radius 2 is 2.23 bits per heavy atom. The molecule has 0 amide bonds. The molecule has 0 unspecified atom stereocenters. The maximum Gasteiger partial charge on any atom is 0.141 e. The minimum Gasteiger partial charge on any atom is -0.324 e. The fourth-order valence-electron chi connectivity index (χ4n) is 1.12.